The number of furan rings is 1. The Morgan fingerprint density at radius 2 is 0.836 bits per heavy atom. The Hall–Kier alpha value is -7.94. The number of nitrogens with zero attached hydrogens (tertiary/aromatic N) is 1. The van der Waals surface area contributed by atoms with Crippen molar-refractivity contribution < 1.29 is 4.42 Å². The Balaban J connectivity index is 1.15. The number of para-hydroxylation sites is 2. The molecule has 0 amide bonds. The summed E-state index contributed by atoms with van der Waals surface area (Å²) < 4.78 is 7.16. The lowest BCUT2D eigenvalue weighted by molar-refractivity contribution is 0.670. The van der Waals surface area contributed by atoms with Crippen LogP contribution < -0.4 is 4.90 Å². The molecule has 0 bridgehead atoms. The molecular weight excluding hydrogens is 739 g/mol. The molecule has 1 heterocycles. The van der Waals surface area contributed by atoms with Crippen LogP contribution in [0.15, 0.2) is 241 Å². The van der Waals surface area contributed by atoms with Crippen molar-refractivity contribution in [2.24, 2.45) is 0 Å². The summed E-state index contributed by atoms with van der Waals surface area (Å²) in [5.74, 6) is 0. The van der Waals surface area contributed by atoms with Crippen LogP contribution >= 0.6 is 0 Å². The van der Waals surface area contributed by atoms with Gasteiger partial charge in [0, 0.05) is 27.6 Å². The van der Waals surface area contributed by atoms with Crippen molar-refractivity contribution in [3.05, 3.63) is 259 Å². The minimum Gasteiger partial charge on any atom is -0.453 e. The standard InChI is InChI=1S/C59H39NO/c1-4-18-41(19-5-1)48-29-15-30-49-50-31-16-35-55(58(50)61-57(48)49)60(45-38-36-42(37-39-45)47-28-14-21-40-20-10-11-26-46(40)47)54-34-17-33-53-56(54)51-27-12-13-32-52(51)59(53,43-22-6-2-7-23-43)44-24-8-3-9-25-44/h1-39H. The quantitative estimate of drug-likeness (QED) is 0.160. The highest BCUT2D eigenvalue weighted by molar-refractivity contribution is 6.14. The van der Waals surface area contributed by atoms with Crippen LogP contribution in [0.3, 0.4) is 0 Å². The van der Waals surface area contributed by atoms with Gasteiger partial charge in [-0.3, -0.25) is 0 Å². The molecule has 61 heavy (non-hydrogen) atoms. The SMILES string of the molecule is c1ccc(-c2cccc3c2oc2c(N(c4ccc(-c5cccc6ccccc56)cc4)c4cccc5c4-c4ccccc4C5(c4ccccc4)c4ccccc4)cccc23)cc1. The van der Waals surface area contributed by atoms with E-state index in [0.717, 1.165) is 50.1 Å². The predicted molar refractivity (Wildman–Crippen MR) is 254 cm³/mol. The predicted octanol–water partition coefficient (Wildman–Crippen LogP) is 15.9. The molecule has 1 aromatic heterocycles. The van der Waals surface area contributed by atoms with Gasteiger partial charge in [-0.1, -0.05) is 212 Å². The van der Waals surface area contributed by atoms with Crippen molar-refractivity contribution in [2.75, 3.05) is 4.90 Å². The van der Waals surface area contributed by atoms with Gasteiger partial charge in [-0.05, 0) is 79.5 Å². The molecule has 0 N–H and O–H groups in total. The third-order valence-electron chi connectivity index (χ3n) is 12.8. The molecular formula is C59H39NO. The lowest BCUT2D eigenvalue weighted by Crippen LogP contribution is -2.28. The topological polar surface area (TPSA) is 16.4 Å². The summed E-state index contributed by atoms with van der Waals surface area (Å²) in [7, 11) is 0. The van der Waals surface area contributed by atoms with Gasteiger partial charge in [-0.15, -0.1) is 0 Å². The fourth-order valence-electron chi connectivity index (χ4n) is 10.2. The highest BCUT2D eigenvalue weighted by Crippen LogP contribution is 2.60. The van der Waals surface area contributed by atoms with E-state index < -0.39 is 5.41 Å². The van der Waals surface area contributed by atoms with Gasteiger partial charge in [-0.2, -0.15) is 0 Å². The molecule has 2 nitrogen and oxygen atoms in total. The maximum absolute atomic E-state index is 7.16. The zero-order chi connectivity index (χ0) is 40.3. The van der Waals surface area contributed by atoms with E-state index in [1.807, 2.05) is 0 Å². The molecule has 2 heteroatoms. The van der Waals surface area contributed by atoms with Gasteiger partial charge in [0.15, 0.2) is 5.58 Å². The smallest absolute Gasteiger partial charge is 0.159 e. The van der Waals surface area contributed by atoms with E-state index in [0.29, 0.717) is 0 Å². The lowest BCUT2D eigenvalue weighted by atomic mass is 9.68. The molecule has 286 valence electrons. The van der Waals surface area contributed by atoms with E-state index in [4.69, 9.17) is 4.42 Å². The minimum atomic E-state index is -0.537. The lowest BCUT2D eigenvalue weighted by Gasteiger charge is -2.34. The number of anilines is 3. The number of hydrogen-bond donors (Lipinski definition) is 0. The van der Waals surface area contributed by atoms with Crippen LogP contribution in [-0.2, 0) is 5.41 Å². The van der Waals surface area contributed by atoms with E-state index in [9.17, 15) is 0 Å². The van der Waals surface area contributed by atoms with E-state index in [-0.39, 0.29) is 0 Å². The second-order valence-corrected chi connectivity index (χ2v) is 15.9. The molecule has 0 saturated heterocycles. The number of benzene rings is 10. The van der Waals surface area contributed by atoms with Crippen LogP contribution in [0.4, 0.5) is 17.1 Å². The normalized spacial score (nSPS) is 12.7. The summed E-state index contributed by atoms with van der Waals surface area (Å²) in [6.07, 6.45) is 0. The van der Waals surface area contributed by atoms with Crippen molar-refractivity contribution in [1.29, 1.82) is 0 Å². The van der Waals surface area contributed by atoms with Crippen molar-refractivity contribution >= 4 is 49.8 Å². The first-order valence-corrected chi connectivity index (χ1v) is 21.0. The molecule has 0 radical (unpaired) electrons. The summed E-state index contributed by atoms with van der Waals surface area (Å²) in [6.45, 7) is 0. The first-order valence-electron chi connectivity index (χ1n) is 21.0. The highest BCUT2D eigenvalue weighted by Gasteiger charge is 2.47. The van der Waals surface area contributed by atoms with E-state index >= 15 is 0 Å². The van der Waals surface area contributed by atoms with Crippen molar-refractivity contribution in [3.8, 4) is 33.4 Å². The number of rotatable bonds is 7. The maximum atomic E-state index is 7.16. The average molecular weight is 778 g/mol. The molecule has 12 rings (SSSR count). The third-order valence-corrected chi connectivity index (χ3v) is 12.8. The highest BCUT2D eigenvalue weighted by atomic mass is 16.3. The molecule has 0 unspecified atom stereocenters. The Morgan fingerprint density at radius 1 is 0.328 bits per heavy atom. The minimum absolute atomic E-state index is 0.537. The average Bonchev–Trinajstić information content (AvgIpc) is 3.88. The van der Waals surface area contributed by atoms with Crippen molar-refractivity contribution in [3.63, 3.8) is 0 Å². The molecule has 0 aliphatic heterocycles. The van der Waals surface area contributed by atoms with Crippen LogP contribution in [0.2, 0.25) is 0 Å². The molecule has 10 aromatic carbocycles. The number of hydrogen-bond acceptors (Lipinski definition) is 2. The summed E-state index contributed by atoms with van der Waals surface area (Å²) >= 11 is 0. The molecule has 0 saturated carbocycles. The second kappa shape index (κ2) is 14.1. The molecule has 1 aliphatic carbocycles. The van der Waals surface area contributed by atoms with Crippen LogP contribution in [-0.4, -0.2) is 0 Å². The van der Waals surface area contributed by atoms with E-state index in [1.165, 1.54) is 55.3 Å². The second-order valence-electron chi connectivity index (χ2n) is 15.9. The van der Waals surface area contributed by atoms with Gasteiger partial charge in [0.1, 0.15) is 5.58 Å². The van der Waals surface area contributed by atoms with Gasteiger partial charge in [0.25, 0.3) is 0 Å². The molecule has 1 aliphatic rings. The van der Waals surface area contributed by atoms with Gasteiger partial charge in [-0.25, -0.2) is 0 Å². The van der Waals surface area contributed by atoms with Crippen molar-refractivity contribution in [2.45, 2.75) is 5.41 Å². The summed E-state index contributed by atoms with van der Waals surface area (Å²) in [5, 5.41) is 4.65. The largest absolute Gasteiger partial charge is 0.453 e. The Labute approximate surface area is 355 Å². The van der Waals surface area contributed by atoms with E-state index in [2.05, 4.69) is 241 Å². The number of fused-ring (bicyclic) bond motifs is 7. The van der Waals surface area contributed by atoms with Crippen LogP contribution in [0.25, 0.3) is 66.1 Å². The zero-order valence-corrected chi connectivity index (χ0v) is 33.4. The summed E-state index contributed by atoms with van der Waals surface area (Å²) in [6, 6.07) is 85.8. The molecule has 0 atom stereocenters. The van der Waals surface area contributed by atoms with Crippen molar-refractivity contribution in [1.82, 2.24) is 0 Å². The Kier molecular flexibility index (Phi) is 8.11. The maximum Gasteiger partial charge on any atom is 0.159 e. The monoisotopic (exact) mass is 777 g/mol. The fraction of sp³-hybridized carbons (Fsp3) is 0.0169. The molecule has 11 aromatic rings. The Bertz CT molecular complexity index is 3360. The van der Waals surface area contributed by atoms with Gasteiger partial charge >= 0.3 is 0 Å². The summed E-state index contributed by atoms with van der Waals surface area (Å²) in [4.78, 5) is 2.43. The Morgan fingerprint density at radius 3 is 1.61 bits per heavy atom. The zero-order valence-electron chi connectivity index (χ0n) is 33.4. The fourth-order valence-corrected chi connectivity index (χ4v) is 10.2. The van der Waals surface area contributed by atoms with Gasteiger partial charge in [0.05, 0.1) is 16.8 Å². The van der Waals surface area contributed by atoms with Gasteiger partial charge in [0.2, 0.25) is 0 Å². The molecule has 0 spiro atoms. The van der Waals surface area contributed by atoms with E-state index in [1.54, 1.807) is 0 Å². The van der Waals surface area contributed by atoms with Gasteiger partial charge < -0.3 is 9.32 Å². The van der Waals surface area contributed by atoms with Crippen LogP contribution in [0.5, 0.6) is 0 Å². The first-order chi connectivity index (χ1) is 30.3. The van der Waals surface area contributed by atoms with Crippen LogP contribution in [0, 0.1) is 0 Å². The molecule has 0 fully saturated rings. The third kappa shape index (κ3) is 5.36. The summed E-state index contributed by atoms with van der Waals surface area (Å²) in [5.41, 5.74) is 16.4. The first kappa shape index (κ1) is 35.0. The van der Waals surface area contributed by atoms with Crippen LogP contribution in [0.1, 0.15) is 22.3 Å².